The lowest BCUT2D eigenvalue weighted by molar-refractivity contribution is -0.139. The van der Waals surface area contributed by atoms with Crippen LogP contribution in [-0.4, -0.2) is 25.8 Å². The molecule has 1 aliphatic carbocycles. The second-order valence-corrected chi connectivity index (χ2v) is 6.93. The molecule has 0 aromatic carbocycles. The van der Waals surface area contributed by atoms with E-state index in [1.54, 1.807) is 11.3 Å². The standard InChI is InChI=1S/C15H17N3O2S/c19-13(20)10-4-1-8-18-12(10)16-17-14(18)15(6-3-7-15)11-5-2-9-21-11/h2,5,9-10H,1,3-4,6-8H2,(H,19,20). The maximum absolute atomic E-state index is 11.4. The predicted octanol–water partition coefficient (Wildman–Crippen LogP) is 2.77. The van der Waals surface area contributed by atoms with Crippen LogP contribution in [0.3, 0.4) is 0 Å². The van der Waals surface area contributed by atoms with Crippen molar-refractivity contribution in [2.24, 2.45) is 0 Å². The van der Waals surface area contributed by atoms with Gasteiger partial charge in [0.05, 0.1) is 5.41 Å². The molecule has 6 heteroatoms. The minimum Gasteiger partial charge on any atom is -0.481 e. The van der Waals surface area contributed by atoms with Crippen LogP contribution in [0.2, 0.25) is 0 Å². The summed E-state index contributed by atoms with van der Waals surface area (Å²) in [7, 11) is 0. The molecule has 0 radical (unpaired) electrons. The van der Waals surface area contributed by atoms with Gasteiger partial charge in [-0.2, -0.15) is 0 Å². The summed E-state index contributed by atoms with van der Waals surface area (Å²) in [4.78, 5) is 12.7. The molecule has 1 fully saturated rings. The highest BCUT2D eigenvalue weighted by Crippen LogP contribution is 2.50. The highest BCUT2D eigenvalue weighted by atomic mass is 32.1. The summed E-state index contributed by atoms with van der Waals surface area (Å²) in [6.45, 7) is 0.842. The first kappa shape index (κ1) is 13.0. The van der Waals surface area contributed by atoms with Crippen molar-refractivity contribution in [2.45, 2.75) is 50.0 Å². The van der Waals surface area contributed by atoms with E-state index in [0.717, 1.165) is 31.6 Å². The number of carboxylic acid groups (broad SMARTS) is 1. The van der Waals surface area contributed by atoms with Crippen molar-refractivity contribution in [3.63, 3.8) is 0 Å². The van der Waals surface area contributed by atoms with E-state index < -0.39 is 11.9 Å². The minimum atomic E-state index is -0.784. The number of aliphatic carboxylic acids is 1. The Kier molecular flexibility index (Phi) is 2.89. The summed E-state index contributed by atoms with van der Waals surface area (Å²) in [5.74, 6) is 0.345. The van der Waals surface area contributed by atoms with Gasteiger partial charge in [0.15, 0.2) is 0 Å². The molecule has 1 aliphatic heterocycles. The first-order valence-electron chi connectivity index (χ1n) is 7.43. The Labute approximate surface area is 126 Å². The largest absolute Gasteiger partial charge is 0.481 e. The van der Waals surface area contributed by atoms with Crippen LogP contribution in [0.1, 0.15) is 54.5 Å². The molecule has 2 aliphatic rings. The molecule has 0 spiro atoms. The second kappa shape index (κ2) is 4.66. The van der Waals surface area contributed by atoms with Crippen molar-refractivity contribution in [1.29, 1.82) is 0 Å². The zero-order chi connectivity index (χ0) is 14.4. The van der Waals surface area contributed by atoms with Crippen molar-refractivity contribution in [2.75, 3.05) is 0 Å². The maximum Gasteiger partial charge on any atom is 0.314 e. The van der Waals surface area contributed by atoms with Gasteiger partial charge in [-0.05, 0) is 37.1 Å². The van der Waals surface area contributed by atoms with Crippen LogP contribution in [-0.2, 0) is 16.8 Å². The normalized spacial score (nSPS) is 23.3. The van der Waals surface area contributed by atoms with Gasteiger partial charge in [0, 0.05) is 11.4 Å². The minimum absolute atomic E-state index is 0.0280. The van der Waals surface area contributed by atoms with Crippen molar-refractivity contribution < 1.29 is 9.90 Å². The van der Waals surface area contributed by atoms with Crippen molar-refractivity contribution >= 4 is 17.3 Å². The number of hydrogen-bond acceptors (Lipinski definition) is 4. The molecular formula is C15H17N3O2S. The lowest BCUT2D eigenvalue weighted by Crippen LogP contribution is -2.38. The fourth-order valence-electron chi connectivity index (χ4n) is 3.63. The van der Waals surface area contributed by atoms with E-state index in [-0.39, 0.29) is 5.41 Å². The van der Waals surface area contributed by atoms with Crippen LogP contribution in [0.5, 0.6) is 0 Å². The summed E-state index contributed by atoms with van der Waals surface area (Å²) >= 11 is 1.76. The van der Waals surface area contributed by atoms with Gasteiger partial charge in [0.1, 0.15) is 17.6 Å². The van der Waals surface area contributed by atoms with Crippen LogP contribution >= 0.6 is 11.3 Å². The lowest BCUT2D eigenvalue weighted by atomic mass is 9.67. The Morgan fingerprint density at radius 2 is 2.24 bits per heavy atom. The van der Waals surface area contributed by atoms with Crippen molar-refractivity contribution in [3.05, 3.63) is 34.0 Å². The van der Waals surface area contributed by atoms with Gasteiger partial charge >= 0.3 is 5.97 Å². The molecule has 0 amide bonds. The highest BCUT2D eigenvalue weighted by Gasteiger charge is 2.46. The number of aromatic nitrogens is 3. The van der Waals surface area contributed by atoms with Crippen molar-refractivity contribution in [3.8, 4) is 0 Å². The van der Waals surface area contributed by atoms with Crippen LogP contribution in [0, 0.1) is 0 Å². The second-order valence-electron chi connectivity index (χ2n) is 5.98. The number of carboxylic acids is 1. The topological polar surface area (TPSA) is 68.0 Å². The van der Waals surface area contributed by atoms with Gasteiger partial charge in [-0.1, -0.05) is 12.5 Å². The summed E-state index contributed by atoms with van der Waals surface area (Å²) in [6.07, 6.45) is 4.92. The van der Waals surface area contributed by atoms with Gasteiger partial charge in [-0.15, -0.1) is 21.5 Å². The van der Waals surface area contributed by atoms with E-state index in [2.05, 4.69) is 32.3 Å². The van der Waals surface area contributed by atoms with E-state index in [0.29, 0.717) is 12.2 Å². The Hall–Kier alpha value is -1.69. The molecule has 1 atom stereocenters. The van der Waals surface area contributed by atoms with Crippen LogP contribution < -0.4 is 0 Å². The number of nitrogens with zero attached hydrogens (tertiary/aromatic N) is 3. The Morgan fingerprint density at radius 3 is 2.86 bits per heavy atom. The fraction of sp³-hybridized carbons (Fsp3) is 0.533. The quantitative estimate of drug-likeness (QED) is 0.946. The monoisotopic (exact) mass is 303 g/mol. The smallest absolute Gasteiger partial charge is 0.314 e. The van der Waals surface area contributed by atoms with E-state index in [9.17, 15) is 9.90 Å². The first-order chi connectivity index (χ1) is 10.2. The molecule has 110 valence electrons. The molecular weight excluding hydrogens is 286 g/mol. The fourth-order valence-corrected chi connectivity index (χ4v) is 4.61. The van der Waals surface area contributed by atoms with Crippen LogP contribution in [0.25, 0.3) is 0 Å². The zero-order valence-electron chi connectivity index (χ0n) is 11.7. The predicted molar refractivity (Wildman–Crippen MR) is 78.6 cm³/mol. The summed E-state index contributed by atoms with van der Waals surface area (Å²) < 4.78 is 2.08. The van der Waals surface area contributed by atoms with Gasteiger partial charge in [-0.25, -0.2) is 0 Å². The molecule has 1 saturated carbocycles. The van der Waals surface area contributed by atoms with Gasteiger partial charge in [0.2, 0.25) is 0 Å². The highest BCUT2D eigenvalue weighted by molar-refractivity contribution is 7.10. The molecule has 21 heavy (non-hydrogen) atoms. The Morgan fingerprint density at radius 1 is 1.38 bits per heavy atom. The SMILES string of the molecule is O=C(O)C1CCCn2c1nnc2C1(c2cccs2)CCC1. The summed E-state index contributed by atoms with van der Waals surface area (Å²) in [5.41, 5.74) is -0.0280. The summed E-state index contributed by atoms with van der Waals surface area (Å²) in [5, 5.41) is 20.2. The maximum atomic E-state index is 11.4. The van der Waals surface area contributed by atoms with E-state index in [1.165, 1.54) is 11.3 Å². The van der Waals surface area contributed by atoms with Crippen LogP contribution in [0.15, 0.2) is 17.5 Å². The first-order valence-corrected chi connectivity index (χ1v) is 8.31. The van der Waals surface area contributed by atoms with E-state index in [1.807, 2.05) is 0 Å². The number of hydrogen-bond donors (Lipinski definition) is 1. The third-order valence-corrected chi connectivity index (χ3v) is 5.97. The van der Waals surface area contributed by atoms with Gasteiger partial charge < -0.3 is 9.67 Å². The molecule has 1 N–H and O–H groups in total. The van der Waals surface area contributed by atoms with Gasteiger partial charge in [0.25, 0.3) is 0 Å². The molecule has 5 nitrogen and oxygen atoms in total. The van der Waals surface area contributed by atoms with Crippen LogP contribution in [0.4, 0.5) is 0 Å². The average Bonchev–Trinajstić information content (AvgIpc) is 3.07. The van der Waals surface area contributed by atoms with Gasteiger partial charge in [-0.3, -0.25) is 4.79 Å². The number of rotatable bonds is 3. The number of fused-ring (bicyclic) bond motifs is 1. The van der Waals surface area contributed by atoms with E-state index >= 15 is 0 Å². The Bertz CT molecular complexity index is 673. The van der Waals surface area contributed by atoms with Crippen molar-refractivity contribution in [1.82, 2.24) is 14.8 Å². The molecule has 0 saturated heterocycles. The molecule has 2 aromatic rings. The van der Waals surface area contributed by atoms with E-state index in [4.69, 9.17) is 0 Å². The zero-order valence-corrected chi connectivity index (χ0v) is 12.5. The third-order valence-electron chi connectivity index (χ3n) is 4.89. The lowest BCUT2D eigenvalue weighted by Gasteiger charge is -2.40. The third kappa shape index (κ3) is 1.78. The molecule has 2 aromatic heterocycles. The molecule has 1 unspecified atom stereocenters. The average molecular weight is 303 g/mol. The number of thiophene rings is 1. The Balaban J connectivity index is 1.82. The summed E-state index contributed by atoms with van der Waals surface area (Å²) in [6, 6.07) is 4.25. The molecule has 0 bridgehead atoms. The number of carbonyl (C=O) groups is 1. The molecule has 4 rings (SSSR count). The molecule has 3 heterocycles.